The molecule has 2 unspecified atom stereocenters. The number of aromatic nitrogens is 3. The van der Waals surface area contributed by atoms with Gasteiger partial charge in [-0.25, -0.2) is 4.98 Å². The van der Waals surface area contributed by atoms with Crippen LogP contribution in [0.4, 0.5) is 13.2 Å². The van der Waals surface area contributed by atoms with E-state index in [0.29, 0.717) is 38.5 Å². The first kappa shape index (κ1) is 25.1. The lowest BCUT2D eigenvalue weighted by Gasteiger charge is -2.16. The second-order valence-electron chi connectivity index (χ2n) is 8.17. The van der Waals surface area contributed by atoms with Gasteiger partial charge in [-0.05, 0) is 36.6 Å². The number of pyridine rings is 1. The van der Waals surface area contributed by atoms with Gasteiger partial charge in [-0.2, -0.15) is 13.2 Å². The smallest absolute Gasteiger partial charge is 0.433 e. The second-order valence-corrected chi connectivity index (χ2v) is 8.99. The van der Waals surface area contributed by atoms with Crippen LogP contribution in [-0.2, 0) is 12.8 Å². The van der Waals surface area contributed by atoms with Crippen LogP contribution in [0.25, 0.3) is 11.3 Å². The van der Waals surface area contributed by atoms with Gasteiger partial charge in [-0.3, -0.25) is 4.98 Å². The molecule has 2 aromatic heterocycles. The van der Waals surface area contributed by atoms with Crippen LogP contribution in [0.5, 0.6) is 11.5 Å². The molecule has 0 amide bonds. The number of rotatable bonds is 6. The van der Waals surface area contributed by atoms with Crippen LogP contribution >= 0.6 is 23.2 Å². The molecule has 0 saturated carbocycles. The molecule has 3 aromatic rings. The van der Waals surface area contributed by atoms with Crippen molar-refractivity contribution < 1.29 is 22.6 Å². The third-order valence-corrected chi connectivity index (χ3v) is 6.26. The van der Waals surface area contributed by atoms with Crippen LogP contribution in [0.3, 0.4) is 0 Å². The number of halogens is 5. The number of aromatic amines is 1. The molecular formula is C25H22Cl2F3N3O2. The Labute approximate surface area is 210 Å². The zero-order valence-corrected chi connectivity index (χ0v) is 20.4. The van der Waals surface area contributed by atoms with Crippen LogP contribution in [0.1, 0.15) is 36.3 Å². The average molecular weight is 524 g/mol. The third-order valence-electron chi connectivity index (χ3n) is 5.70. The molecule has 1 N–H and O–H groups in total. The number of imidazole rings is 1. The van der Waals surface area contributed by atoms with Crippen LogP contribution in [-0.4, -0.2) is 22.1 Å². The number of H-pyrrole nitrogens is 1. The van der Waals surface area contributed by atoms with Gasteiger partial charge in [0.2, 0.25) is 0 Å². The van der Waals surface area contributed by atoms with Crippen molar-refractivity contribution in [2.75, 3.05) is 7.11 Å². The summed E-state index contributed by atoms with van der Waals surface area (Å²) < 4.78 is 49.3. The number of ether oxygens (including phenoxy) is 2. The Hall–Kier alpha value is -2.97. The average Bonchev–Trinajstić information content (AvgIpc) is 3.12. The van der Waals surface area contributed by atoms with Gasteiger partial charge >= 0.3 is 6.18 Å². The summed E-state index contributed by atoms with van der Waals surface area (Å²) in [4.78, 5) is 11.4. The quantitative estimate of drug-likeness (QED) is 0.362. The standard InChI is InChI=1S/C25H22Cl2F3N3O2/c1-14-3-5-16(26)6-8-18(14)24-32-22(23(27)33-24)19-9-7-17(11-20(19)34-2)35-13-15-4-10-21(31-12-15)25(28,29)30/h4-12,14,18H,3,13H2,1-2H3,(H,32,33). The molecule has 4 rings (SSSR count). The van der Waals surface area contributed by atoms with Crippen molar-refractivity contribution in [2.45, 2.75) is 32.0 Å². The second kappa shape index (κ2) is 10.3. The summed E-state index contributed by atoms with van der Waals surface area (Å²) in [6.45, 7) is 2.17. The van der Waals surface area contributed by atoms with E-state index in [1.54, 1.807) is 18.2 Å². The van der Waals surface area contributed by atoms with E-state index < -0.39 is 11.9 Å². The molecule has 0 aliphatic heterocycles. The number of hydrogen-bond acceptors (Lipinski definition) is 4. The molecule has 0 radical (unpaired) electrons. The Morgan fingerprint density at radius 1 is 1.17 bits per heavy atom. The number of nitrogens with zero attached hydrogens (tertiary/aromatic N) is 2. The molecule has 0 fully saturated rings. The van der Waals surface area contributed by atoms with Crippen molar-refractivity contribution in [2.24, 2.45) is 5.92 Å². The number of methoxy groups -OCH3 is 1. The van der Waals surface area contributed by atoms with E-state index in [-0.39, 0.29) is 18.4 Å². The molecule has 1 aromatic carbocycles. The highest BCUT2D eigenvalue weighted by Crippen LogP contribution is 2.39. The van der Waals surface area contributed by atoms with Crippen LogP contribution in [0, 0.1) is 5.92 Å². The van der Waals surface area contributed by atoms with Gasteiger partial charge in [0.05, 0.1) is 7.11 Å². The van der Waals surface area contributed by atoms with Crippen molar-refractivity contribution in [3.05, 3.63) is 82.0 Å². The van der Waals surface area contributed by atoms with Crippen molar-refractivity contribution in [1.82, 2.24) is 15.0 Å². The first-order valence-corrected chi connectivity index (χ1v) is 11.5. The summed E-state index contributed by atoms with van der Waals surface area (Å²) in [7, 11) is 1.52. The maximum absolute atomic E-state index is 12.7. The summed E-state index contributed by atoms with van der Waals surface area (Å²) in [6.07, 6.45) is 3.34. The minimum atomic E-state index is -4.48. The zero-order valence-electron chi connectivity index (χ0n) is 18.9. The van der Waals surface area contributed by atoms with Gasteiger partial charge < -0.3 is 14.5 Å². The normalized spacial score (nSPS) is 18.2. The summed E-state index contributed by atoms with van der Waals surface area (Å²) in [5, 5.41) is 1.08. The molecule has 10 heteroatoms. The lowest BCUT2D eigenvalue weighted by Crippen LogP contribution is -2.08. The first-order chi connectivity index (χ1) is 16.7. The predicted octanol–water partition coefficient (Wildman–Crippen LogP) is 7.53. The third kappa shape index (κ3) is 5.82. The van der Waals surface area contributed by atoms with E-state index in [4.69, 9.17) is 37.7 Å². The van der Waals surface area contributed by atoms with Crippen LogP contribution in [0.2, 0.25) is 5.15 Å². The zero-order chi connectivity index (χ0) is 25.2. The molecule has 184 valence electrons. The van der Waals surface area contributed by atoms with Gasteiger partial charge in [-0.1, -0.05) is 48.3 Å². The number of nitrogens with one attached hydrogen (secondary N) is 1. The fraction of sp³-hybridized carbons (Fsp3) is 0.280. The highest BCUT2D eigenvalue weighted by atomic mass is 35.5. The Bertz CT molecular complexity index is 1250. The number of allylic oxidation sites excluding steroid dienone is 4. The lowest BCUT2D eigenvalue weighted by atomic mass is 9.91. The predicted molar refractivity (Wildman–Crippen MR) is 129 cm³/mol. The molecule has 0 saturated heterocycles. The van der Waals surface area contributed by atoms with E-state index in [9.17, 15) is 13.2 Å². The molecule has 5 nitrogen and oxygen atoms in total. The Kier molecular flexibility index (Phi) is 7.42. The van der Waals surface area contributed by atoms with Crippen molar-refractivity contribution in [1.29, 1.82) is 0 Å². The molecule has 2 heterocycles. The Morgan fingerprint density at radius 2 is 1.97 bits per heavy atom. The molecule has 0 bridgehead atoms. The summed E-state index contributed by atoms with van der Waals surface area (Å²) in [5.74, 6) is 1.97. The number of benzene rings is 1. The first-order valence-electron chi connectivity index (χ1n) is 10.8. The number of hydrogen-bond donors (Lipinski definition) is 1. The highest BCUT2D eigenvalue weighted by Gasteiger charge is 2.32. The Balaban J connectivity index is 1.52. The van der Waals surface area contributed by atoms with E-state index in [2.05, 4.69) is 16.9 Å². The minimum Gasteiger partial charge on any atom is -0.496 e. The van der Waals surface area contributed by atoms with E-state index in [0.717, 1.165) is 24.5 Å². The van der Waals surface area contributed by atoms with Gasteiger partial charge in [0.1, 0.15) is 40.5 Å². The summed E-state index contributed by atoms with van der Waals surface area (Å²) in [5.41, 5.74) is 0.766. The van der Waals surface area contributed by atoms with Crippen molar-refractivity contribution >= 4 is 23.2 Å². The fourth-order valence-electron chi connectivity index (χ4n) is 3.77. The minimum absolute atomic E-state index is 0.0136. The number of alkyl halides is 3. The molecule has 0 spiro atoms. The largest absolute Gasteiger partial charge is 0.496 e. The van der Waals surface area contributed by atoms with E-state index in [1.807, 2.05) is 18.2 Å². The molecule has 1 aliphatic rings. The maximum atomic E-state index is 12.7. The van der Waals surface area contributed by atoms with Gasteiger partial charge in [0.25, 0.3) is 0 Å². The summed E-state index contributed by atoms with van der Waals surface area (Å²) in [6, 6.07) is 7.43. The summed E-state index contributed by atoms with van der Waals surface area (Å²) >= 11 is 12.7. The molecular weight excluding hydrogens is 502 g/mol. The fourth-order valence-corrected chi connectivity index (χ4v) is 4.17. The maximum Gasteiger partial charge on any atom is 0.433 e. The molecule has 2 atom stereocenters. The molecule has 35 heavy (non-hydrogen) atoms. The topological polar surface area (TPSA) is 60.0 Å². The lowest BCUT2D eigenvalue weighted by molar-refractivity contribution is -0.141. The SMILES string of the molecule is COc1cc(OCc2ccc(C(F)(F)F)nc2)ccc1-c1nc(C2C=CC(Cl)=CCC2C)[nH]c1Cl. The molecule has 1 aliphatic carbocycles. The van der Waals surface area contributed by atoms with E-state index >= 15 is 0 Å². The van der Waals surface area contributed by atoms with Crippen molar-refractivity contribution in [3.63, 3.8) is 0 Å². The van der Waals surface area contributed by atoms with Gasteiger partial charge in [0, 0.05) is 34.3 Å². The van der Waals surface area contributed by atoms with Gasteiger partial charge in [0.15, 0.2) is 0 Å². The van der Waals surface area contributed by atoms with Crippen LogP contribution < -0.4 is 9.47 Å². The highest BCUT2D eigenvalue weighted by molar-refractivity contribution is 6.32. The van der Waals surface area contributed by atoms with E-state index in [1.165, 1.54) is 13.2 Å². The Morgan fingerprint density at radius 3 is 2.66 bits per heavy atom. The van der Waals surface area contributed by atoms with Crippen molar-refractivity contribution in [3.8, 4) is 22.8 Å². The van der Waals surface area contributed by atoms with Gasteiger partial charge in [-0.15, -0.1) is 0 Å². The van der Waals surface area contributed by atoms with Crippen LogP contribution in [0.15, 0.2) is 59.8 Å². The monoisotopic (exact) mass is 523 g/mol.